The molecule has 2 heterocycles. The van der Waals surface area contributed by atoms with Gasteiger partial charge in [-0.25, -0.2) is 9.18 Å². The summed E-state index contributed by atoms with van der Waals surface area (Å²) in [7, 11) is 4.05. The van der Waals surface area contributed by atoms with E-state index in [1.807, 2.05) is 0 Å². The van der Waals surface area contributed by atoms with Gasteiger partial charge in [0.1, 0.15) is 11.5 Å². The number of aromatic nitrogens is 3. The molecule has 27 heavy (non-hydrogen) atoms. The van der Waals surface area contributed by atoms with Crippen LogP contribution in [-0.2, 0) is 21.1 Å². The first-order valence-electron chi connectivity index (χ1n) is 7.69. The zero-order valence-corrected chi connectivity index (χ0v) is 15.3. The summed E-state index contributed by atoms with van der Waals surface area (Å²) in [6, 6.07) is 4.38. The maximum Gasteiger partial charge on any atom is 0.332 e. The molecular formula is C17H14ClFN4O4. The van der Waals surface area contributed by atoms with E-state index in [-0.39, 0.29) is 27.3 Å². The van der Waals surface area contributed by atoms with E-state index in [2.05, 4.69) is 5.32 Å². The van der Waals surface area contributed by atoms with Crippen LogP contribution in [0, 0.1) is 5.82 Å². The fourth-order valence-electron chi connectivity index (χ4n) is 2.82. The van der Waals surface area contributed by atoms with Crippen molar-refractivity contribution in [3.8, 4) is 0 Å². The number of rotatable bonds is 2. The molecule has 0 radical (unpaired) electrons. The van der Waals surface area contributed by atoms with Gasteiger partial charge < -0.3 is 5.32 Å². The number of fused-ring (bicyclic) bond motifs is 1. The number of amides is 1. The topological polar surface area (TPSA) is 95.1 Å². The molecule has 1 N–H and O–H groups in total. The van der Waals surface area contributed by atoms with Gasteiger partial charge in [0.05, 0.1) is 21.7 Å². The number of anilines is 1. The van der Waals surface area contributed by atoms with Gasteiger partial charge in [-0.1, -0.05) is 11.6 Å². The highest BCUT2D eigenvalue weighted by molar-refractivity contribution is 6.34. The van der Waals surface area contributed by atoms with Gasteiger partial charge in [0.2, 0.25) is 0 Å². The highest BCUT2D eigenvalue weighted by atomic mass is 35.5. The standard InChI is InChI=1S/C17H14ClFN4O4/c1-21-12(24)7-9(13-15(21)22(2)17(27)23(3)16(13)26)14(25)20-11-5-4-8(19)6-10(11)18/h4-7H,1-3H3,(H,20,25). The Morgan fingerprint density at radius 2 is 1.70 bits per heavy atom. The number of pyridine rings is 1. The molecule has 1 aromatic carbocycles. The van der Waals surface area contributed by atoms with Crippen molar-refractivity contribution in [2.24, 2.45) is 21.1 Å². The van der Waals surface area contributed by atoms with Crippen LogP contribution in [0.3, 0.4) is 0 Å². The monoisotopic (exact) mass is 392 g/mol. The molecule has 0 atom stereocenters. The van der Waals surface area contributed by atoms with Crippen LogP contribution in [0.15, 0.2) is 38.6 Å². The molecule has 0 bridgehead atoms. The lowest BCUT2D eigenvalue weighted by Gasteiger charge is -2.14. The molecule has 0 saturated carbocycles. The van der Waals surface area contributed by atoms with E-state index in [0.717, 1.165) is 31.9 Å². The predicted molar refractivity (Wildman–Crippen MR) is 99.0 cm³/mol. The number of carbonyl (C=O) groups is 1. The van der Waals surface area contributed by atoms with Crippen molar-refractivity contribution in [1.29, 1.82) is 0 Å². The Hall–Kier alpha value is -3.20. The second-order valence-electron chi connectivity index (χ2n) is 5.94. The third-order valence-electron chi connectivity index (χ3n) is 4.24. The van der Waals surface area contributed by atoms with E-state index in [4.69, 9.17) is 11.6 Å². The number of nitrogens with one attached hydrogen (secondary N) is 1. The minimum Gasteiger partial charge on any atom is -0.321 e. The molecule has 2 aromatic heterocycles. The normalized spacial score (nSPS) is 11.0. The first-order chi connectivity index (χ1) is 12.6. The van der Waals surface area contributed by atoms with E-state index >= 15 is 0 Å². The van der Waals surface area contributed by atoms with Gasteiger partial charge >= 0.3 is 5.69 Å². The Bertz CT molecular complexity index is 1290. The van der Waals surface area contributed by atoms with E-state index in [9.17, 15) is 23.6 Å². The van der Waals surface area contributed by atoms with Crippen LogP contribution in [0.5, 0.6) is 0 Å². The molecule has 0 unspecified atom stereocenters. The Morgan fingerprint density at radius 1 is 1.04 bits per heavy atom. The van der Waals surface area contributed by atoms with Gasteiger partial charge in [-0.3, -0.25) is 28.1 Å². The summed E-state index contributed by atoms with van der Waals surface area (Å²) in [5.74, 6) is -1.37. The van der Waals surface area contributed by atoms with Crippen LogP contribution in [0.1, 0.15) is 10.4 Å². The molecule has 1 amide bonds. The fourth-order valence-corrected chi connectivity index (χ4v) is 3.03. The van der Waals surface area contributed by atoms with Crippen LogP contribution in [0.2, 0.25) is 5.02 Å². The van der Waals surface area contributed by atoms with Gasteiger partial charge in [-0.15, -0.1) is 0 Å². The zero-order chi connectivity index (χ0) is 20.0. The molecule has 3 aromatic rings. The number of aryl methyl sites for hydroxylation is 2. The second kappa shape index (κ2) is 6.51. The SMILES string of the molecule is Cn1c(=O)c2c(C(=O)Nc3ccc(F)cc3Cl)cc(=O)n(C)c2n(C)c1=O. The van der Waals surface area contributed by atoms with Gasteiger partial charge in [0.15, 0.2) is 0 Å². The highest BCUT2D eigenvalue weighted by Gasteiger charge is 2.21. The minimum atomic E-state index is -0.790. The number of hydrogen-bond donors (Lipinski definition) is 1. The van der Waals surface area contributed by atoms with Gasteiger partial charge in [-0.2, -0.15) is 0 Å². The number of hydrogen-bond acceptors (Lipinski definition) is 4. The van der Waals surface area contributed by atoms with Crippen LogP contribution in [0.4, 0.5) is 10.1 Å². The molecule has 0 aliphatic carbocycles. The summed E-state index contributed by atoms with van der Waals surface area (Å²) in [4.78, 5) is 49.8. The van der Waals surface area contributed by atoms with Gasteiger partial charge in [0, 0.05) is 27.2 Å². The highest BCUT2D eigenvalue weighted by Crippen LogP contribution is 2.23. The van der Waals surface area contributed by atoms with Crippen LogP contribution in [0.25, 0.3) is 11.0 Å². The van der Waals surface area contributed by atoms with E-state index in [0.29, 0.717) is 0 Å². The zero-order valence-electron chi connectivity index (χ0n) is 14.5. The van der Waals surface area contributed by atoms with Crippen molar-refractivity contribution in [1.82, 2.24) is 13.7 Å². The Balaban J connectivity index is 2.30. The lowest BCUT2D eigenvalue weighted by atomic mass is 10.1. The van der Waals surface area contributed by atoms with E-state index in [1.165, 1.54) is 27.2 Å². The first-order valence-corrected chi connectivity index (χ1v) is 8.07. The Morgan fingerprint density at radius 3 is 2.33 bits per heavy atom. The number of carbonyl (C=O) groups excluding carboxylic acids is 1. The maximum absolute atomic E-state index is 13.2. The molecule has 8 nitrogen and oxygen atoms in total. The molecular weight excluding hydrogens is 379 g/mol. The summed E-state index contributed by atoms with van der Waals surface area (Å²) in [5.41, 5.74) is -2.05. The molecule has 0 saturated heterocycles. The van der Waals surface area contributed by atoms with Crippen LogP contribution in [-0.4, -0.2) is 19.6 Å². The van der Waals surface area contributed by atoms with Gasteiger partial charge in [0.25, 0.3) is 17.0 Å². The van der Waals surface area contributed by atoms with Crippen molar-refractivity contribution in [2.75, 3.05) is 5.32 Å². The lowest BCUT2D eigenvalue weighted by Crippen LogP contribution is -2.40. The number of halogens is 2. The molecule has 10 heteroatoms. The summed E-state index contributed by atoms with van der Waals surface area (Å²) < 4.78 is 16.2. The summed E-state index contributed by atoms with van der Waals surface area (Å²) in [6.07, 6.45) is 0. The first kappa shape index (κ1) is 18.6. The third kappa shape index (κ3) is 2.95. The van der Waals surface area contributed by atoms with Crippen molar-refractivity contribution in [3.63, 3.8) is 0 Å². The van der Waals surface area contributed by atoms with Crippen LogP contribution >= 0.6 is 11.6 Å². The van der Waals surface area contributed by atoms with Crippen molar-refractivity contribution in [3.05, 3.63) is 71.9 Å². The largest absolute Gasteiger partial charge is 0.332 e. The van der Waals surface area contributed by atoms with Gasteiger partial charge in [-0.05, 0) is 18.2 Å². The molecule has 3 rings (SSSR count). The molecule has 0 fully saturated rings. The summed E-state index contributed by atoms with van der Waals surface area (Å²) in [6.45, 7) is 0. The average molecular weight is 393 g/mol. The molecule has 0 spiro atoms. The quantitative estimate of drug-likeness (QED) is 0.703. The Kier molecular flexibility index (Phi) is 4.48. The molecule has 0 aliphatic heterocycles. The van der Waals surface area contributed by atoms with Crippen molar-refractivity contribution >= 4 is 34.2 Å². The lowest BCUT2D eigenvalue weighted by molar-refractivity contribution is 0.102. The number of nitrogens with zero attached hydrogens (tertiary/aromatic N) is 3. The predicted octanol–water partition coefficient (Wildman–Crippen LogP) is 0.981. The summed E-state index contributed by atoms with van der Waals surface area (Å²) >= 11 is 5.91. The van der Waals surface area contributed by atoms with Crippen LogP contribution < -0.4 is 22.1 Å². The maximum atomic E-state index is 13.2. The second-order valence-corrected chi connectivity index (χ2v) is 6.35. The molecule has 140 valence electrons. The smallest absolute Gasteiger partial charge is 0.321 e. The van der Waals surface area contributed by atoms with E-state index < -0.39 is 28.5 Å². The third-order valence-corrected chi connectivity index (χ3v) is 4.56. The van der Waals surface area contributed by atoms with E-state index in [1.54, 1.807) is 0 Å². The minimum absolute atomic E-state index is 0.00551. The van der Waals surface area contributed by atoms with Crippen molar-refractivity contribution < 1.29 is 9.18 Å². The Labute approximate surface area is 156 Å². The fraction of sp³-hybridized carbons (Fsp3) is 0.176. The molecule has 0 aliphatic rings. The summed E-state index contributed by atoms with van der Waals surface area (Å²) in [5, 5.41) is 2.31. The van der Waals surface area contributed by atoms with Crippen molar-refractivity contribution in [2.45, 2.75) is 0 Å². The average Bonchev–Trinajstić information content (AvgIpc) is 2.62. The number of benzene rings is 1.